The fourth-order valence-electron chi connectivity index (χ4n) is 3.89. The topological polar surface area (TPSA) is 43.8 Å². The molecule has 2 N–H and O–H groups in total. The second kappa shape index (κ2) is 6.88. The maximum Gasteiger partial charge on any atom is 0.186 e. The van der Waals surface area contributed by atoms with E-state index in [9.17, 15) is 8.78 Å². The molecule has 0 saturated heterocycles. The zero-order valence-electron chi connectivity index (χ0n) is 14.3. The van der Waals surface area contributed by atoms with Crippen LogP contribution in [0.2, 0.25) is 5.02 Å². The van der Waals surface area contributed by atoms with Gasteiger partial charge in [-0.1, -0.05) is 30.9 Å². The van der Waals surface area contributed by atoms with Crippen molar-refractivity contribution < 1.29 is 8.78 Å². The highest BCUT2D eigenvalue weighted by Gasteiger charge is 2.22. The summed E-state index contributed by atoms with van der Waals surface area (Å²) in [4.78, 5) is 4.42. The third kappa shape index (κ3) is 3.05. The molecule has 4 rings (SSSR count). The highest BCUT2D eigenvalue weighted by Crippen LogP contribution is 2.34. The number of hydrogen-bond acceptors (Lipinski definition) is 2. The number of rotatable bonds is 3. The van der Waals surface area contributed by atoms with Crippen LogP contribution in [0.3, 0.4) is 0 Å². The molecule has 1 saturated carbocycles. The van der Waals surface area contributed by atoms with Gasteiger partial charge in [0, 0.05) is 22.8 Å². The van der Waals surface area contributed by atoms with Crippen LogP contribution in [-0.4, -0.2) is 9.55 Å². The Labute approximate surface area is 155 Å². The maximum absolute atomic E-state index is 14.3. The Hall–Kier alpha value is -2.14. The van der Waals surface area contributed by atoms with E-state index in [1.165, 1.54) is 19.3 Å². The zero-order valence-corrected chi connectivity index (χ0v) is 15.1. The number of fused-ring (bicyclic) bond motifs is 1. The Morgan fingerprint density at radius 3 is 2.62 bits per heavy atom. The van der Waals surface area contributed by atoms with Crippen molar-refractivity contribution in [3.05, 3.63) is 47.0 Å². The van der Waals surface area contributed by atoms with E-state index < -0.39 is 11.6 Å². The molecule has 136 valence electrons. The number of nitrogens with zero attached hydrogens (tertiary/aromatic N) is 2. The van der Waals surface area contributed by atoms with Crippen molar-refractivity contribution in [1.29, 1.82) is 0 Å². The molecular weight excluding hydrogens is 356 g/mol. The van der Waals surface area contributed by atoms with Crippen LogP contribution in [0.4, 0.5) is 14.5 Å². The summed E-state index contributed by atoms with van der Waals surface area (Å²) in [5, 5.41) is 0.526. The van der Waals surface area contributed by atoms with E-state index in [0.29, 0.717) is 33.5 Å². The first kappa shape index (κ1) is 17.3. The van der Waals surface area contributed by atoms with Gasteiger partial charge in [0.05, 0.1) is 5.52 Å². The largest absolute Gasteiger partial charge is 0.398 e. The lowest BCUT2D eigenvalue weighted by molar-refractivity contribution is 0.323. The van der Waals surface area contributed by atoms with E-state index in [-0.39, 0.29) is 5.52 Å². The van der Waals surface area contributed by atoms with Crippen LogP contribution in [-0.2, 0) is 6.54 Å². The predicted octanol–water partition coefficient (Wildman–Crippen LogP) is 5.80. The average Bonchev–Trinajstić information content (AvgIpc) is 2.98. The molecule has 1 fully saturated rings. The van der Waals surface area contributed by atoms with Gasteiger partial charge in [-0.05, 0) is 49.1 Å². The first-order valence-corrected chi connectivity index (χ1v) is 9.32. The molecule has 3 aromatic rings. The van der Waals surface area contributed by atoms with Crippen LogP contribution in [0.1, 0.15) is 32.1 Å². The molecule has 0 radical (unpaired) electrons. The Morgan fingerprint density at radius 1 is 1.12 bits per heavy atom. The van der Waals surface area contributed by atoms with Crippen molar-refractivity contribution in [1.82, 2.24) is 9.55 Å². The number of anilines is 1. The van der Waals surface area contributed by atoms with E-state index in [1.807, 2.05) is 4.57 Å². The molecule has 1 aliphatic carbocycles. The molecular formula is C20H20ClF2N3. The van der Waals surface area contributed by atoms with Gasteiger partial charge in [0.2, 0.25) is 0 Å². The standard InChI is InChI=1S/C20H20ClF2N3/c21-13-6-7-14(16(24)10-13)20-25-19-17(9-8-15(22)18(19)23)26(20)11-12-4-2-1-3-5-12/h6-10,12H,1-5,11,24H2. The molecule has 0 unspecified atom stereocenters. The van der Waals surface area contributed by atoms with Gasteiger partial charge >= 0.3 is 0 Å². The maximum atomic E-state index is 14.3. The third-order valence-corrected chi connectivity index (χ3v) is 5.47. The fourth-order valence-corrected chi connectivity index (χ4v) is 4.07. The number of imidazole rings is 1. The van der Waals surface area contributed by atoms with Crippen LogP contribution in [0.5, 0.6) is 0 Å². The minimum Gasteiger partial charge on any atom is -0.398 e. The summed E-state index contributed by atoms with van der Waals surface area (Å²) in [5.74, 6) is -0.750. The summed E-state index contributed by atoms with van der Waals surface area (Å²) in [6.45, 7) is 0.721. The lowest BCUT2D eigenvalue weighted by Crippen LogP contribution is -2.15. The number of nitrogen functional groups attached to an aromatic ring is 1. The first-order chi connectivity index (χ1) is 12.5. The molecule has 1 aliphatic rings. The molecule has 0 amide bonds. The molecule has 3 nitrogen and oxygen atoms in total. The van der Waals surface area contributed by atoms with Crippen molar-refractivity contribution in [3.63, 3.8) is 0 Å². The van der Waals surface area contributed by atoms with Gasteiger partial charge in [-0.25, -0.2) is 13.8 Å². The first-order valence-electron chi connectivity index (χ1n) is 8.94. The smallest absolute Gasteiger partial charge is 0.186 e. The molecule has 6 heteroatoms. The van der Waals surface area contributed by atoms with Gasteiger partial charge in [-0.15, -0.1) is 0 Å². The Kier molecular flexibility index (Phi) is 4.57. The Balaban J connectivity index is 1.89. The van der Waals surface area contributed by atoms with Crippen molar-refractivity contribution >= 4 is 28.3 Å². The zero-order chi connectivity index (χ0) is 18.3. The van der Waals surface area contributed by atoms with E-state index in [2.05, 4.69) is 4.98 Å². The molecule has 1 aromatic heterocycles. The van der Waals surface area contributed by atoms with Gasteiger partial charge in [0.15, 0.2) is 11.6 Å². The minimum atomic E-state index is -0.918. The molecule has 0 bridgehead atoms. The third-order valence-electron chi connectivity index (χ3n) is 5.23. The van der Waals surface area contributed by atoms with Crippen molar-refractivity contribution in [3.8, 4) is 11.4 Å². The molecule has 0 aliphatic heterocycles. The van der Waals surface area contributed by atoms with Gasteiger partial charge < -0.3 is 10.3 Å². The summed E-state index contributed by atoms with van der Waals surface area (Å²) in [6, 6.07) is 7.92. The molecule has 0 atom stereocenters. The van der Waals surface area contributed by atoms with Crippen molar-refractivity contribution in [2.24, 2.45) is 5.92 Å². The van der Waals surface area contributed by atoms with Crippen molar-refractivity contribution in [2.75, 3.05) is 5.73 Å². The number of benzene rings is 2. The molecule has 26 heavy (non-hydrogen) atoms. The number of halogens is 3. The fraction of sp³-hybridized carbons (Fsp3) is 0.350. The second-order valence-electron chi connectivity index (χ2n) is 7.01. The normalized spacial score (nSPS) is 15.7. The Bertz CT molecular complexity index is 961. The van der Waals surface area contributed by atoms with Crippen LogP contribution in [0, 0.1) is 17.6 Å². The summed E-state index contributed by atoms with van der Waals surface area (Å²) in [5.41, 5.74) is 7.93. The monoisotopic (exact) mass is 375 g/mol. The van der Waals surface area contributed by atoms with Crippen LogP contribution < -0.4 is 5.73 Å². The highest BCUT2D eigenvalue weighted by molar-refractivity contribution is 6.31. The molecule has 1 heterocycles. The van der Waals surface area contributed by atoms with Crippen molar-refractivity contribution in [2.45, 2.75) is 38.6 Å². The lowest BCUT2D eigenvalue weighted by Gasteiger charge is -2.23. The van der Waals surface area contributed by atoms with Gasteiger partial charge in [0.25, 0.3) is 0 Å². The average molecular weight is 376 g/mol. The predicted molar refractivity (Wildman–Crippen MR) is 101 cm³/mol. The van der Waals surface area contributed by atoms with E-state index >= 15 is 0 Å². The van der Waals surface area contributed by atoms with Gasteiger partial charge in [-0.3, -0.25) is 0 Å². The number of nitrogens with two attached hydrogens (primary N) is 1. The summed E-state index contributed by atoms with van der Waals surface area (Å²) < 4.78 is 30.0. The van der Waals surface area contributed by atoms with Crippen LogP contribution >= 0.6 is 11.6 Å². The quantitative estimate of drug-likeness (QED) is 0.588. The summed E-state index contributed by atoms with van der Waals surface area (Å²) >= 11 is 6.01. The van der Waals surface area contributed by atoms with Crippen LogP contribution in [0.25, 0.3) is 22.4 Å². The van der Waals surface area contributed by atoms with Gasteiger partial charge in [-0.2, -0.15) is 0 Å². The van der Waals surface area contributed by atoms with Crippen LogP contribution in [0.15, 0.2) is 30.3 Å². The second-order valence-corrected chi connectivity index (χ2v) is 7.45. The SMILES string of the molecule is Nc1cc(Cl)ccc1-c1nc2c(F)c(F)ccc2n1CC1CCCCC1. The van der Waals surface area contributed by atoms with Gasteiger partial charge in [0.1, 0.15) is 11.3 Å². The minimum absolute atomic E-state index is 0.0464. The van der Waals surface area contributed by atoms with E-state index in [0.717, 1.165) is 25.5 Å². The molecule has 2 aromatic carbocycles. The van der Waals surface area contributed by atoms with E-state index in [4.69, 9.17) is 17.3 Å². The lowest BCUT2D eigenvalue weighted by atomic mass is 9.89. The van der Waals surface area contributed by atoms with E-state index in [1.54, 1.807) is 24.3 Å². The summed E-state index contributed by atoms with van der Waals surface area (Å²) in [6.07, 6.45) is 5.95. The number of aromatic nitrogens is 2. The number of hydrogen-bond donors (Lipinski definition) is 1. The molecule has 0 spiro atoms. The highest BCUT2D eigenvalue weighted by atomic mass is 35.5. The Morgan fingerprint density at radius 2 is 1.88 bits per heavy atom. The summed E-state index contributed by atoms with van der Waals surface area (Å²) in [7, 11) is 0.